The summed E-state index contributed by atoms with van der Waals surface area (Å²) in [6.07, 6.45) is 0.754. The van der Waals surface area contributed by atoms with Crippen molar-refractivity contribution in [3.8, 4) is 11.3 Å². The van der Waals surface area contributed by atoms with E-state index < -0.39 is 4.92 Å². The summed E-state index contributed by atoms with van der Waals surface area (Å²) in [7, 11) is 0. The largest absolute Gasteiger partial charge is 0.354 e. The van der Waals surface area contributed by atoms with Crippen molar-refractivity contribution in [1.82, 2.24) is 4.98 Å². The fraction of sp³-hybridized carbons (Fsp3) is 0.118. The van der Waals surface area contributed by atoms with E-state index in [9.17, 15) is 14.9 Å². The van der Waals surface area contributed by atoms with E-state index in [1.165, 1.54) is 12.1 Å². The summed E-state index contributed by atoms with van der Waals surface area (Å²) in [5.41, 5.74) is 4.59. The molecule has 1 heterocycles. The molecule has 3 rings (SSSR count). The zero-order valence-electron chi connectivity index (χ0n) is 12.2. The highest BCUT2D eigenvalue weighted by molar-refractivity contribution is 6.06. The topological polar surface area (TPSA) is 76.0 Å². The molecule has 0 saturated carbocycles. The van der Waals surface area contributed by atoms with E-state index in [-0.39, 0.29) is 5.69 Å². The number of nitro benzene ring substituents is 1. The number of hydrogen-bond donors (Lipinski definition) is 1. The fourth-order valence-electron chi connectivity index (χ4n) is 2.77. The molecule has 110 valence electrons. The molecule has 1 aromatic heterocycles. The molecule has 5 nitrogen and oxygen atoms in total. The van der Waals surface area contributed by atoms with Crippen LogP contribution in [0.25, 0.3) is 22.2 Å². The van der Waals surface area contributed by atoms with E-state index in [1.54, 1.807) is 6.92 Å². The van der Waals surface area contributed by atoms with Gasteiger partial charge in [-0.2, -0.15) is 0 Å². The third-order valence-electron chi connectivity index (χ3n) is 3.87. The Hall–Kier alpha value is -2.95. The molecule has 0 saturated heterocycles. The van der Waals surface area contributed by atoms with Gasteiger partial charge in [-0.1, -0.05) is 24.3 Å². The van der Waals surface area contributed by atoms with Crippen LogP contribution in [0.5, 0.6) is 0 Å². The number of nitro groups is 1. The van der Waals surface area contributed by atoms with Crippen LogP contribution >= 0.6 is 0 Å². The molecule has 0 spiro atoms. The average Bonchev–Trinajstić information content (AvgIpc) is 2.86. The monoisotopic (exact) mass is 294 g/mol. The number of non-ortho nitro benzene ring substituents is 1. The Morgan fingerprint density at radius 1 is 1.14 bits per heavy atom. The van der Waals surface area contributed by atoms with E-state index >= 15 is 0 Å². The first-order chi connectivity index (χ1) is 10.5. The lowest BCUT2D eigenvalue weighted by Crippen LogP contribution is -1.90. The van der Waals surface area contributed by atoms with Crippen molar-refractivity contribution < 1.29 is 9.72 Å². The Morgan fingerprint density at radius 2 is 1.86 bits per heavy atom. The number of nitrogens with zero attached hydrogens (tertiary/aromatic N) is 1. The van der Waals surface area contributed by atoms with Crippen molar-refractivity contribution in [3.63, 3.8) is 0 Å². The maximum Gasteiger partial charge on any atom is 0.270 e. The third-order valence-corrected chi connectivity index (χ3v) is 3.87. The van der Waals surface area contributed by atoms with E-state index in [0.717, 1.165) is 28.5 Å². The molecular weight excluding hydrogens is 280 g/mol. The number of H-pyrrole nitrogens is 1. The first-order valence-electron chi connectivity index (χ1n) is 6.85. The zero-order valence-corrected chi connectivity index (χ0v) is 12.2. The molecule has 0 aliphatic rings. The zero-order chi connectivity index (χ0) is 15.9. The summed E-state index contributed by atoms with van der Waals surface area (Å²) >= 11 is 0. The minimum absolute atomic E-state index is 0.0107. The molecule has 0 atom stereocenters. The highest BCUT2D eigenvalue weighted by Gasteiger charge is 2.18. The summed E-state index contributed by atoms with van der Waals surface area (Å²) in [6.45, 7) is 3.76. The normalized spacial score (nSPS) is 10.8. The molecule has 5 heteroatoms. The Balaban J connectivity index is 2.38. The third kappa shape index (κ3) is 2.07. The quantitative estimate of drug-likeness (QED) is 0.447. The molecule has 0 amide bonds. The number of fused-ring (bicyclic) bond motifs is 1. The smallest absolute Gasteiger partial charge is 0.270 e. The predicted octanol–water partition coefficient (Wildman–Crippen LogP) is 4.17. The van der Waals surface area contributed by atoms with Crippen LogP contribution in [0.15, 0.2) is 36.4 Å². The summed E-state index contributed by atoms with van der Waals surface area (Å²) in [6, 6.07) is 10.7. The van der Waals surface area contributed by atoms with Gasteiger partial charge in [0.25, 0.3) is 5.69 Å². The van der Waals surface area contributed by atoms with Gasteiger partial charge >= 0.3 is 0 Å². The molecule has 1 N–H and O–H groups in total. The maximum absolute atomic E-state index is 11.6. The lowest BCUT2D eigenvalue weighted by atomic mass is 10.0. The second kappa shape index (κ2) is 5.11. The summed E-state index contributed by atoms with van der Waals surface area (Å²) in [4.78, 5) is 25.4. The number of aromatic amines is 1. The number of hydrogen-bond acceptors (Lipinski definition) is 3. The number of nitrogens with one attached hydrogen (secondary N) is 1. The standard InChI is InChI=1S/C17H14N2O3/c1-10-5-3-4-6-13(10)17-15(9-20)14-8-12(19(21)22)7-11(2)16(14)18-17/h3-9,18H,1-2H3. The number of carbonyl (C=O) groups is 1. The van der Waals surface area contributed by atoms with Crippen LogP contribution in [0, 0.1) is 24.0 Å². The second-order valence-corrected chi connectivity index (χ2v) is 5.29. The van der Waals surface area contributed by atoms with E-state index in [2.05, 4.69) is 4.98 Å². The van der Waals surface area contributed by atoms with Gasteiger partial charge in [-0.3, -0.25) is 14.9 Å². The van der Waals surface area contributed by atoms with E-state index in [4.69, 9.17) is 0 Å². The van der Waals surface area contributed by atoms with E-state index in [1.807, 2.05) is 31.2 Å². The van der Waals surface area contributed by atoms with Crippen LogP contribution < -0.4 is 0 Å². The van der Waals surface area contributed by atoms with Gasteiger partial charge < -0.3 is 4.98 Å². The van der Waals surface area contributed by atoms with Crippen molar-refractivity contribution in [1.29, 1.82) is 0 Å². The van der Waals surface area contributed by atoms with Crippen LogP contribution in [0.1, 0.15) is 21.5 Å². The molecule has 0 aliphatic carbocycles. The van der Waals surface area contributed by atoms with Crippen molar-refractivity contribution in [2.24, 2.45) is 0 Å². The summed E-state index contributed by atoms with van der Waals surface area (Å²) < 4.78 is 0. The lowest BCUT2D eigenvalue weighted by Gasteiger charge is -2.03. The average molecular weight is 294 g/mol. The van der Waals surface area contributed by atoms with Gasteiger partial charge in [0.15, 0.2) is 6.29 Å². The van der Waals surface area contributed by atoms with Crippen molar-refractivity contribution in [3.05, 3.63) is 63.2 Å². The van der Waals surface area contributed by atoms with Gasteiger partial charge in [0.2, 0.25) is 0 Å². The molecular formula is C17H14N2O3. The molecule has 0 radical (unpaired) electrons. The molecule has 2 aromatic carbocycles. The first-order valence-corrected chi connectivity index (χ1v) is 6.85. The molecule has 3 aromatic rings. The van der Waals surface area contributed by atoms with Gasteiger partial charge in [0, 0.05) is 28.6 Å². The van der Waals surface area contributed by atoms with Crippen LogP contribution in [0.4, 0.5) is 5.69 Å². The van der Waals surface area contributed by atoms with Gasteiger partial charge in [-0.15, -0.1) is 0 Å². The number of benzene rings is 2. The molecule has 0 fully saturated rings. The highest BCUT2D eigenvalue weighted by atomic mass is 16.6. The molecule has 0 unspecified atom stereocenters. The van der Waals surface area contributed by atoms with Crippen LogP contribution in [0.3, 0.4) is 0 Å². The molecule has 0 bridgehead atoms. The van der Waals surface area contributed by atoms with Crippen LogP contribution in [-0.2, 0) is 0 Å². The Kier molecular flexibility index (Phi) is 3.25. The van der Waals surface area contributed by atoms with Crippen molar-refractivity contribution in [2.75, 3.05) is 0 Å². The summed E-state index contributed by atoms with van der Waals surface area (Å²) in [5.74, 6) is 0. The number of rotatable bonds is 3. The van der Waals surface area contributed by atoms with Gasteiger partial charge in [0.1, 0.15) is 0 Å². The fourth-order valence-corrected chi connectivity index (χ4v) is 2.77. The van der Waals surface area contributed by atoms with Crippen LogP contribution in [0.2, 0.25) is 0 Å². The van der Waals surface area contributed by atoms with Crippen molar-refractivity contribution in [2.45, 2.75) is 13.8 Å². The second-order valence-electron chi connectivity index (χ2n) is 5.29. The van der Waals surface area contributed by atoms with Gasteiger partial charge in [-0.25, -0.2) is 0 Å². The Labute approximate surface area is 126 Å². The number of aryl methyl sites for hydroxylation is 2. The van der Waals surface area contributed by atoms with Gasteiger partial charge in [-0.05, 0) is 25.0 Å². The number of aromatic nitrogens is 1. The minimum atomic E-state index is -0.443. The predicted molar refractivity (Wildman–Crippen MR) is 85.3 cm³/mol. The SMILES string of the molecule is Cc1ccccc1-c1[nH]c2c(C)cc([N+](=O)[O-])cc2c1C=O. The Bertz CT molecular complexity index is 910. The number of carbonyl (C=O) groups excluding carboxylic acids is 1. The van der Waals surface area contributed by atoms with Gasteiger partial charge in [0.05, 0.1) is 16.1 Å². The molecule has 0 aliphatic heterocycles. The summed E-state index contributed by atoms with van der Waals surface area (Å²) in [5, 5.41) is 11.6. The number of aldehydes is 1. The lowest BCUT2D eigenvalue weighted by molar-refractivity contribution is -0.384. The van der Waals surface area contributed by atoms with E-state index in [0.29, 0.717) is 16.6 Å². The minimum Gasteiger partial charge on any atom is -0.354 e. The first kappa shape index (κ1) is 14.0. The highest BCUT2D eigenvalue weighted by Crippen LogP contribution is 2.34. The van der Waals surface area contributed by atoms with Crippen LogP contribution in [-0.4, -0.2) is 16.2 Å². The Morgan fingerprint density at radius 3 is 2.50 bits per heavy atom. The maximum atomic E-state index is 11.6. The molecule has 22 heavy (non-hydrogen) atoms. The van der Waals surface area contributed by atoms with Crippen molar-refractivity contribution >= 4 is 22.9 Å².